The minimum atomic E-state index is -0.277. The molecule has 2 aliphatic rings. The molecular formula is C17H25FN4O. The number of hydrogen-bond donors (Lipinski definition) is 4. The lowest BCUT2D eigenvalue weighted by atomic mass is 9.85. The third-order valence-corrected chi connectivity index (χ3v) is 4.71. The number of halogens is 1. The first-order valence-corrected chi connectivity index (χ1v) is 8.46. The first-order valence-electron chi connectivity index (χ1n) is 8.46. The molecule has 0 bridgehead atoms. The van der Waals surface area contributed by atoms with Gasteiger partial charge in [-0.1, -0.05) is 0 Å². The van der Waals surface area contributed by atoms with Gasteiger partial charge in [-0.15, -0.1) is 0 Å². The van der Waals surface area contributed by atoms with E-state index in [1.165, 1.54) is 12.1 Å². The summed E-state index contributed by atoms with van der Waals surface area (Å²) in [6, 6.07) is 7.22. The van der Waals surface area contributed by atoms with Gasteiger partial charge in [-0.3, -0.25) is 4.79 Å². The number of carbonyl (C=O) groups is 1. The molecular weight excluding hydrogens is 295 g/mol. The number of hydrogen-bond acceptors (Lipinski definition) is 4. The van der Waals surface area contributed by atoms with Gasteiger partial charge in [0.1, 0.15) is 5.82 Å². The van der Waals surface area contributed by atoms with Crippen molar-refractivity contribution in [2.45, 2.75) is 43.8 Å². The van der Waals surface area contributed by atoms with Crippen LogP contribution in [0.1, 0.15) is 25.7 Å². The monoisotopic (exact) mass is 320 g/mol. The number of anilines is 1. The van der Waals surface area contributed by atoms with Crippen molar-refractivity contribution in [2.24, 2.45) is 0 Å². The van der Waals surface area contributed by atoms with E-state index < -0.39 is 0 Å². The lowest BCUT2D eigenvalue weighted by Gasteiger charge is -2.41. The molecule has 2 fully saturated rings. The van der Waals surface area contributed by atoms with Gasteiger partial charge in [0.2, 0.25) is 5.91 Å². The summed E-state index contributed by atoms with van der Waals surface area (Å²) in [5, 5.41) is 13.1. The zero-order valence-electron chi connectivity index (χ0n) is 13.3. The highest BCUT2D eigenvalue weighted by molar-refractivity contribution is 5.81. The zero-order chi connectivity index (χ0) is 16.1. The lowest BCUT2D eigenvalue weighted by molar-refractivity contribution is -0.121. The molecule has 1 saturated carbocycles. The van der Waals surface area contributed by atoms with Gasteiger partial charge >= 0.3 is 0 Å². The molecule has 0 radical (unpaired) electrons. The van der Waals surface area contributed by atoms with Crippen LogP contribution in [0.15, 0.2) is 24.3 Å². The van der Waals surface area contributed by atoms with E-state index in [1.807, 2.05) is 0 Å². The number of piperidine rings is 1. The Hall–Kier alpha value is -1.66. The van der Waals surface area contributed by atoms with Crippen LogP contribution in [0.25, 0.3) is 0 Å². The molecule has 1 aliphatic heterocycles. The highest BCUT2D eigenvalue weighted by Crippen LogP contribution is 2.21. The Labute approximate surface area is 136 Å². The average molecular weight is 320 g/mol. The van der Waals surface area contributed by atoms with Crippen molar-refractivity contribution in [3.63, 3.8) is 0 Å². The third-order valence-electron chi connectivity index (χ3n) is 4.71. The van der Waals surface area contributed by atoms with Gasteiger partial charge < -0.3 is 21.3 Å². The van der Waals surface area contributed by atoms with Crippen LogP contribution in [-0.2, 0) is 4.79 Å². The summed E-state index contributed by atoms with van der Waals surface area (Å²) < 4.78 is 12.8. The molecule has 3 rings (SSSR count). The molecule has 0 spiro atoms. The van der Waals surface area contributed by atoms with E-state index in [0.717, 1.165) is 44.5 Å². The normalized spacial score (nSPS) is 24.7. The summed E-state index contributed by atoms with van der Waals surface area (Å²) in [5.41, 5.74) is 0.750. The molecule has 0 aromatic heterocycles. The molecule has 6 heteroatoms. The standard InChI is InChI=1S/C17H25FN4O/c18-12-1-3-13(4-2-12)20-11-17(23)22-16-6-5-15(16)21-14-7-9-19-10-8-14/h1-4,14-16,19-21H,5-11H2,(H,22,23)/t15-,16+/m1/s1. The van der Waals surface area contributed by atoms with E-state index in [4.69, 9.17) is 0 Å². The second kappa shape index (κ2) is 7.75. The number of benzene rings is 1. The van der Waals surface area contributed by atoms with Crippen LogP contribution in [0.3, 0.4) is 0 Å². The van der Waals surface area contributed by atoms with Gasteiger partial charge in [0.25, 0.3) is 0 Å². The Bertz CT molecular complexity index is 516. The Morgan fingerprint density at radius 2 is 1.78 bits per heavy atom. The number of amides is 1. The lowest BCUT2D eigenvalue weighted by Crippen LogP contribution is -2.60. The Balaban J connectivity index is 1.38. The Kier molecular flexibility index (Phi) is 5.46. The highest BCUT2D eigenvalue weighted by Gasteiger charge is 2.33. The van der Waals surface area contributed by atoms with Crippen LogP contribution >= 0.6 is 0 Å². The quantitative estimate of drug-likeness (QED) is 0.636. The maximum Gasteiger partial charge on any atom is 0.239 e. The van der Waals surface area contributed by atoms with E-state index in [-0.39, 0.29) is 24.3 Å². The molecule has 1 aromatic carbocycles. The van der Waals surface area contributed by atoms with Crippen molar-refractivity contribution in [1.82, 2.24) is 16.0 Å². The predicted octanol–water partition coefficient (Wildman–Crippen LogP) is 1.23. The molecule has 126 valence electrons. The molecule has 23 heavy (non-hydrogen) atoms. The van der Waals surface area contributed by atoms with Gasteiger partial charge in [0.05, 0.1) is 6.54 Å². The topological polar surface area (TPSA) is 65.2 Å². The van der Waals surface area contributed by atoms with Crippen molar-refractivity contribution in [2.75, 3.05) is 25.0 Å². The summed E-state index contributed by atoms with van der Waals surface area (Å²) in [7, 11) is 0. The maximum absolute atomic E-state index is 12.8. The van der Waals surface area contributed by atoms with Crippen LogP contribution in [0.2, 0.25) is 0 Å². The van der Waals surface area contributed by atoms with Crippen molar-refractivity contribution in [1.29, 1.82) is 0 Å². The highest BCUT2D eigenvalue weighted by atomic mass is 19.1. The molecule has 1 aliphatic carbocycles. The number of carbonyl (C=O) groups excluding carboxylic acids is 1. The molecule has 1 amide bonds. The second-order valence-electron chi connectivity index (χ2n) is 6.41. The molecule has 5 nitrogen and oxygen atoms in total. The number of rotatable bonds is 6. The van der Waals surface area contributed by atoms with Crippen molar-refractivity contribution in [3.05, 3.63) is 30.1 Å². The average Bonchev–Trinajstić information content (AvgIpc) is 2.57. The van der Waals surface area contributed by atoms with Crippen molar-refractivity contribution >= 4 is 11.6 Å². The Morgan fingerprint density at radius 3 is 2.43 bits per heavy atom. The summed E-state index contributed by atoms with van der Waals surface area (Å²) in [5.74, 6) is -0.294. The number of nitrogens with one attached hydrogen (secondary N) is 4. The van der Waals surface area contributed by atoms with Gasteiger partial charge in [-0.05, 0) is 63.0 Å². The smallest absolute Gasteiger partial charge is 0.239 e. The maximum atomic E-state index is 12.8. The van der Waals surface area contributed by atoms with Gasteiger partial charge in [0, 0.05) is 23.8 Å². The summed E-state index contributed by atoms with van der Waals surface area (Å²) >= 11 is 0. The van der Waals surface area contributed by atoms with Crippen LogP contribution in [-0.4, -0.2) is 43.7 Å². The van der Waals surface area contributed by atoms with Crippen LogP contribution in [0, 0.1) is 5.82 Å². The molecule has 2 atom stereocenters. The predicted molar refractivity (Wildman–Crippen MR) is 88.9 cm³/mol. The fourth-order valence-electron chi connectivity index (χ4n) is 3.17. The first kappa shape index (κ1) is 16.2. The SMILES string of the molecule is O=C(CNc1ccc(F)cc1)N[C@H]1CC[C@H]1NC1CCNCC1. The van der Waals surface area contributed by atoms with Crippen molar-refractivity contribution in [3.8, 4) is 0 Å². The minimum absolute atomic E-state index is 0.0175. The zero-order valence-corrected chi connectivity index (χ0v) is 13.3. The molecule has 1 saturated heterocycles. The van der Waals surface area contributed by atoms with E-state index in [1.54, 1.807) is 12.1 Å². The molecule has 1 heterocycles. The van der Waals surface area contributed by atoms with Crippen molar-refractivity contribution < 1.29 is 9.18 Å². The van der Waals surface area contributed by atoms with E-state index in [0.29, 0.717) is 12.1 Å². The van der Waals surface area contributed by atoms with E-state index in [2.05, 4.69) is 21.3 Å². The van der Waals surface area contributed by atoms with Gasteiger partial charge in [-0.25, -0.2) is 4.39 Å². The van der Waals surface area contributed by atoms with E-state index in [9.17, 15) is 9.18 Å². The van der Waals surface area contributed by atoms with Crippen LogP contribution < -0.4 is 21.3 Å². The summed E-state index contributed by atoms with van der Waals surface area (Å²) in [6.45, 7) is 2.36. The summed E-state index contributed by atoms with van der Waals surface area (Å²) in [6.07, 6.45) is 4.47. The van der Waals surface area contributed by atoms with E-state index >= 15 is 0 Å². The second-order valence-corrected chi connectivity index (χ2v) is 6.41. The Morgan fingerprint density at radius 1 is 1.09 bits per heavy atom. The fourth-order valence-corrected chi connectivity index (χ4v) is 3.17. The summed E-state index contributed by atoms with van der Waals surface area (Å²) in [4.78, 5) is 12.0. The first-order chi connectivity index (χ1) is 11.2. The largest absolute Gasteiger partial charge is 0.376 e. The van der Waals surface area contributed by atoms with Crippen LogP contribution in [0.5, 0.6) is 0 Å². The molecule has 4 N–H and O–H groups in total. The minimum Gasteiger partial charge on any atom is -0.376 e. The fraction of sp³-hybridized carbons (Fsp3) is 0.588. The van der Waals surface area contributed by atoms with Gasteiger partial charge in [-0.2, -0.15) is 0 Å². The molecule has 1 aromatic rings. The molecule has 0 unspecified atom stereocenters. The van der Waals surface area contributed by atoms with Gasteiger partial charge in [0.15, 0.2) is 0 Å². The van der Waals surface area contributed by atoms with Crippen LogP contribution in [0.4, 0.5) is 10.1 Å². The third kappa shape index (κ3) is 4.65.